The lowest BCUT2D eigenvalue weighted by Crippen LogP contribution is -2.31. The molecule has 0 aliphatic rings. The topological polar surface area (TPSA) is 82.4 Å². The van der Waals surface area contributed by atoms with Gasteiger partial charge in [0.1, 0.15) is 12.1 Å². The molecule has 0 unspecified atom stereocenters. The van der Waals surface area contributed by atoms with Gasteiger partial charge in [-0.05, 0) is 29.8 Å². The molecule has 0 radical (unpaired) electrons. The summed E-state index contributed by atoms with van der Waals surface area (Å²) in [5, 5.41) is 0. The lowest BCUT2D eigenvalue weighted by Gasteiger charge is -2.18. The summed E-state index contributed by atoms with van der Waals surface area (Å²) in [6.45, 7) is 1.38. The van der Waals surface area contributed by atoms with Gasteiger partial charge in [-0.1, -0.05) is 18.2 Å². The number of hydrogen-bond donors (Lipinski definition) is 0. The number of imidazole rings is 1. The number of pyridine rings is 2. The highest BCUT2D eigenvalue weighted by atomic mass is 16.5. The Morgan fingerprint density at radius 2 is 1.94 bits per heavy atom. The minimum absolute atomic E-state index is 0.139. The molecule has 0 aliphatic carbocycles. The Kier molecular flexibility index (Phi) is 6.07. The first-order valence-electron chi connectivity index (χ1n) is 9.87. The number of likely N-dealkylation sites (N-methyl/N-ethyl adjacent to an activating group) is 1. The van der Waals surface area contributed by atoms with E-state index in [9.17, 15) is 4.79 Å². The summed E-state index contributed by atoms with van der Waals surface area (Å²) in [5.74, 6) is 1.17. The number of carbonyl (C=O) groups excluding carboxylic acids is 1. The molecule has 0 atom stereocenters. The van der Waals surface area contributed by atoms with Crippen molar-refractivity contribution in [1.82, 2.24) is 24.4 Å². The summed E-state index contributed by atoms with van der Waals surface area (Å²) in [7, 11) is 3.33. The molecule has 8 nitrogen and oxygen atoms in total. The van der Waals surface area contributed by atoms with Crippen molar-refractivity contribution in [3.05, 3.63) is 78.5 Å². The van der Waals surface area contributed by atoms with E-state index in [0.717, 1.165) is 11.2 Å². The van der Waals surface area contributed by atoms with E-state index in [2.05, 4.69) is 15.0 Å². The van der Waals surface area contributed by atoms with Gasteiger partial charge in [-0.15, -0.1) is 0 Å². The first-order valence-corrected chi connectivity index (χ1v) is 9.87. The number of ether oxygens (including phenoxy) is 2. The van der Waals surface area contributed by atoms with Crippen molar-refractivity contribution in [2.45, 2.75) is 6.54 Å². The van der Waals surface area contributed by atoms with E-state index in [-0.39, 0.29) is 5.91 Å². The van der Waals surface area contributed by atoms with Crippen molar-refractivity contribution in [3.63, 3.8) is 0 Å². The van der Waals surface area contributed by atoms with Crippen LogP contribution in [0.1, 0.15) is 15.9 Å². The summed E-state index contributed by atoms with van der Waals surface area (Å²) < 4.78 is 13.0. The van der Waals surface area contributed by atoms with E-state index >= 15 is 0 Å². The van der Waals surface area contributed by atoms with Crippen molar-refractivity contribution < 1.29 is 14.3 Å². The number of methoxy groups -OCH3 is 1. The van der Waals surface area contributed by atoms with Gasteiger partial charge < -0.3 is 18.9 Å². The van der Waals surface area contributed by atoms with Gasteiger partial charge >= 0.3 is 0 Å². The zero-order valence-electron chi connectivity index (χ0n) is 17.4. The van der Waals surface area contributed by atoms with Crippen LogP contribution in [0, 0.1) is 0 Å². The quantitative estimate of drug-likeness (QED) is 0.438. The molecule has 0 bridgehead atoms. The van der Waals surface area contributed by atoms with Crippen molar-refractivity contribution in [1.29, 1.82) is 0 Å². The number of rotatable bonds is 8. The van der Waals surface area contributed by atoms with Crippen LogP contribution < -0.4 is 9.47 Å². The molecule has 0 saturated heterocycles. The van der Waals surface area contributed by atoms with Crippen LogP contribution in [-0.4, -0.2) is 57.6 Å². The van der Waals surface area contributed by atoms with Crippen molar-refractivity contribution in [2.24, 2.45) is 0 Å². The lowest BCUT2D eigenvalue weighted by molar-refractivity contribution is 0.0773. The summed E-state index contributed by atoms with van der Waals surface area (Å²) in [5.41, 5.74) is 2.94. The fraction of sp³-hybridized carbons (Fsp3) is 0.217. The third-order valence-electron chi connectivity index (χ3n) is 4.88. The zero-order chi connectivity index (χ0) is 21.6. The van der Waals surface area contributed by atoms with E-state index in [1.807, 2.05) is 47.2 Å². The molecule has 0 spiro atoms. The predicted molar refractivity (Wildman–Crippen MR) is 116 cm³/mol. The van der Waals surface area contributed by atoms with Gasteiger partial charge in [0.05, 0.1) is 32.1 Å². The molecule has 3 aromatic heterocycles. The van der Waals surface area contributed by atoms with Crippen molar-refractivity contribution in [3.8, 4) is 11.5 Å². The molecule has 4 aromatic rings. The van der Waals surface area contributed by atoms with Crippen molar-refractivity contribution in [2.75, 3.05) is 27.3 Å². The first-order chi connectivity index (χ1) is 15.2. The van der Waals surface area contributed by atoms with Gasteiger partial charge in [0, 0.05) is 25.6 Å². The highest BCUT2D eigenvalue weighted by Gasteiger charge is 2.15. The lowest BCUT2D eigenvalue weighted by atomic mass is 10.2. The van der Waals surface area contributed by atoms with Gasteiger partial charge in [0.15, 0.2) is 17.1 Å². The number of benzene rings is 1. The first kappa shape index (κ1) is 20.3. The van der Waals surface area contributed by atoms with E-state index in [1.165, 1.54) is 0 Å². The number of aromatic nitrogens is 4. The molecular formula is C23H23N5O3. The normalized spacial score (nSPS) is 10.8. The second kappa shape index (κ2) is 9.25. The second-order valence-electron chi connectivity index (χ2n) is 7.03. The zero-order valence-corrected chi connectivity index (χ0v) is 17.4. The van der Waals surface area contributed by atoms with Crippen LogP contribution in [0.15, 0.2) is 67.4 Å². The maximum atomic E-state index is 12.8. The third kappa shape index (κ3) is 4.63. The molecule has 0 aliphatic heterocycles. The number of amides is 1. The maximum absolute atomic E-state index is 12.8. The third-order valence-corrected chi connectivity index (χ3v) is 4.88. The molecule has 158 valence electrons. The summed E-state index contributed by atoms with van der Waals surface area (Å²) in [4.78, 5) is 27.4. The molecule has 0 saturated carbocycles. The van der Waals surface area contributed by atoms with E-state index in [1.54, 1.807) is 43.8 Å². The minimum atomic E-state index is -0.139. The van der Waals surface area contributed by atoms with Gasteiger partial charge in [0.25, 0.3) is 5.91 Å². The van der Waals surface area contributed by atoms with Crippen molar-refractivity contribution >= 4 is 17.1 Å². The summed E-state index contributed by atoms with van der Waals surface area (Å²) >= 11 is 0. The summed E-state index contributed by atoms with van der Waals surface area (Å²) in [6, 6.07) is 13.1. The Morgan fingerprint density at radius 3 is 2.71 bits per heavy atom. The van der Waals surface area contributed by atoms with Crippen LogP contribution in [0.25, 0.3) is 11.2 Å². The van der Waals surface area contributed by atoms with Gasteiger partial charge in [0.2, 0.25) is 0 Å². The number of carbonyl (C=O) groups is 1. The Bertz CT molecular complexity index is 1180. The van der Waals surface area contributed by atoms with Gasteiger partial charge in [-0.25, -0.2) is 9.97 Å². The fourth-order valence-corrected chi connectivity index (χ4v) is 3.22. The maximum Gasteiger partial charge on any atom is 0.255 e. The molecule has 1 amide bonds. The van der Waals surface area contributed by atoms with Crippen LogP contribution in [0.3, 0.4) is 0 Å². The number of para-hydroxylation sites is 2. The highest BCUT2D eigenvalue weighted by molar-refractivity contribution is 5.96. The number of hydrogen-bond acceptors (Lipinski definition) is 6. The smallest absolute Gasteiger partial charge is 0.255 e. The van der Waals surface area contributed by atoms with Crippen LogP contribution >= 0.6 is 0 Å². The Morgan fingerprint density at radius 1 is 1.10 bits per heavy atom. The molecule has 0 fully saturated rings. The molecule has 0 N–H and O–H groups in total. The predicted octanol–water partition coefficient (Wildman–Crippen LogP) is 3.03. The van der Waals surface area contributed by atoms with Crippen LogP contribution in [0.4, 0.5) is 0 Å². The largest absolute Gasteiger partial charge is 0.493 e. The number of fused-ring (bicyclic) bond motifs is 1. The molecule has 3 heterocycles. The highest BCUT2D eigenvalue weighted by Crippen LogP contribution is 2.25. The van der Waals surface area contributed by atoms with Gasteiger partial charge in [-0.2, -0.15) is 0 Å². The van der Waals surface area contributed by atoms with Crippen LogP contribution in [0.2, 0.25) is 0 Å². The Labute approximate surface area is 180 Å². The van der Waals surface area contributed by atoms with E-state index in [4.69, 9.17) is 9.47 Å². The molecular weight excluding hydrogens is 394 g/mol. The number of nitrogens with zero attached hydrogens (tertiary/aromatic N) is 5. The summed E-state index contributed by atoms with van der Waals surface area (Å²) in [6.07, 6.45) is 6.86. The van der Waals surface area contributed by atoms with Crippen LogP contribution in [-0.2, 0) is 6.54 Å². The van der Waals surface area contributed by atoms with Gasteiger partial charge in [-0.3, -0.25) is 9.78 Å². The monoisotopic (exact) mass is 417 g/mol. The van der Waals surface area contributed by atoms with Crippen LogP contribution in [0.5, 0.6) is 11.5 Å². The SMILES string of the molecule is COc1ccccc1OCCN(C)C(=O)c1cnc2c(c1)ncn2Cc1cccnc1. The van der Waals surface area contributed by atoms with E-state index < -0.39 is 0 Å². The standard InChI is InChI=1S/C23H23N5O3/c1-27(10-11-31-21-8-4-3-7-20(21)30-2)23(29)18-12-19-22(25-14-18)28(16-26-19)15-17-6-5-9-24-13-17/h3-9,12-14,16H,10-11,15H2,1-2H3. The molecule has 1 aromatic carbocycles. The second-order valence-corrected chi connectivity index (χ2v) is 7.03. The van der Waals surface area contributed by atoms with E-state index in [0.29, 0.717) is 42.3 Å². The Hall–Kier alpha value is -3.94. The minimum Gasteiger partial charge on any atom is -0.493 e. The fourth-order valence-electron chi connectivity index (χ4n) is 3.22. The molecule has 8 heteroatoms. The molecule has 4 rings (SSSR count). The average molecular weight is 417 g/mol. The Balaban J connectivity index is 1.40. The molecule has 31 heavy (non-hydrogen) atoms. The average Bonchev–Trinajstić information content (AvgIpc) is 3.21.